The summed E-state index contributed by atoms with van der Waals surface area (Å²) in [7, 11) is 0. The maximum atomic E-state index is 5.64. The minimum atomic E-state index is 0.470. The second kappa shape index (κ2) is 4.45. The third kappa shape index (κ3) is 1.96. The lowest BCUT2D eigenvalue weighted by Crippen LogP contribution is -1.84. The smallest absolute Gasteiger partial charge is 0.198 e. The van der Waals surface area contributed by atoms with Crippen molar-refractivity contribution in [2.75, 3.05) is 5.73 Å². The maximum absolute atomic E-state index is 5.64. The van der Waals surface area contributed by atoms with E-state index >= 15 is 0 Å². The molecule has 17 heavy (non-hydrogen) atoms. The number of aromatic amines is 1. The van der Waals surface area contributed by atoms with Gasteiger partial charge >= 0.3 is 0 Å². The van der Waals surface area contributed by atoms with E-state index in [-0.39, 0.29) is 0 Å². The number of hydrogen-bond acceptors (Lipinski definition) is 2. The van der Waals surface area contributed by atoms with Gasteiger partial charge < -0.3 is 10.7 Å². The highest BCUT2D eigenvalue weighted by molar-refractivity contribution is 6.04. The molecule has 0 aliphatic carbocycles. The molecule has 0 bridgehead atoms. The molecule has 0 saturated heterocycles. The van der Waals surface area contributed by atoms with Crippen LogP contribution >= 0.6 is 0 Å². The van der Waals surface area contributed by atoms with Crippen molar-refractivity contribution in [3.05, 3.63) is 35.9 Å². The average Bonchev–Trinajstić information content (AvgIpc) is 2.72. The molecule has 3 heteroatoms. The van der Waals surface area contributed by atoms with Crippen LogP contribution in [0.3, 0.4) is 0 Å². The Balaban J connectivity index is 0.000000514. The normalized spacial score (nSPS) is 10.3. The highest BCUT2D eigenvalue weighted by Gasteiger charge is 2.04. The lowest BCUT2D eigenvalue weighted by molar-refractivity contribution is 1.36. The lowest BCUT2D eigenvalue weighted by Gasteiger charge is -1.99. The second-order valence-corrected chi connectivity index (χ2v) is 3.81. The van der Waals surface area contributed by atoms with Crippen molar-refractivity contribution in [2.24, 2.45) is 0 Å². The summed E-state index contributed by atoms with van der Waals surface area (Å²) >= 11 is 0. The molecular formula is C14H17N3. The van der Waals surface area contributed by atoms with Crippen LogP contribution in [0.5, 0.6) is 0 Å². The van der Waals surface area contributed by atoms with Gasteiger partial charge in [0.2, 0.25) is 0 Å². The number of imidazole rings is 1. The number of anilines is 1. The molecule has 1 heterocycles. The number of rotatable bonds is 0. The van der Waals surface area contributed by atoms with Gasteiger partial charge in [-0.05, 0) is 18.4 Å². The lowest BCUT2D eigenvalue weighted by atomic mass is 10.1. The van der Waals surface area contributed by atoms with Crippen LogP contribution in [0, 0.1) is 6.92 Å². The van der Waals surface area contributed by atoms with Crippen LogP contribution < -0.4 is 5.73 Å². The third-order valence-corrected chi connectivity index (χ3v) is 2.64. The molecule has 3 rings (SSSR count). The number of fused-ring (bicyclic) bond motifs is 3. The van der Waals surface area contributed by atoms with Crippen LogP contribution in [0.2, 0.25) is 0 Å². The summed E-state index contributed by atoms with van der Waals surface area (Å²) in [4.78, 5) is 7.33. The summed E-state index contributed by atoms with van der Waals surface area (Å²) in [5, 5.41) is 2.35. The predicted molar refractivity (Wildman–Crippen MR) is 74.1 cm³/mol. The molecule has 3 N–H and O–H groups in total. The summed E-state index contributed by atoms with van der Waals surface area (Å²) in [5.74, 6) is 0.470. The van der Waals surface area contributed by atoms with Crippen molar-refractivity contribution in [1.29, 1.82) is 0 Å². The standard InChI is InChI=1S/C12H11N3.C2H6/c1-7-2-4-9-8(6-7)3-5-10-11(9)15-12(13)14-10;1-2/h2-6H,1H3,(H3,13,14,15);1-2H3. The Hall–Kier alpha value is -2.03. The van der Waals surface area contributed by atoms with Gasteiger partial charge in [-0.1, -0.05) is 43.7 Å². The Kier molecular flexibility index (Phi) is 3.00. The molecule has 2 aromatic carbocycles. The van der Waals surface area contributed by atoms with Crippen molar-refractivity contribution in [1.82, 2.24) is 9.97 Å². The fourth-order valence-electron chi connectivity index (χ4n) is 1.94. The average molecular weight is 227 g/mol. The molecule has 0 aliphatic heterocycles. The van der Waals surface area contributed by atoms with E-state index in [1.165, 1.54) is 10.9 Å². The molecule has 3 nitrogen and oxygen atoms in total. The fraction of sp³-hybridized carbons (Fsp3) is 0.214. The molecule has 0 radical (unpaired) electrons. The van der Waals surface area contributed by atoms with Gasteiger partial charge in [-0.25, -0.2) is 4.98 Å². The molecule has 1 aromatic heterocycles. The van der Waals surface area contributed by atoms with Crippen LogP contribution in [0.15, 0.2) is 30.3 Å². The summed E-state index contributed by atoms with van der Waals surface area (Å²) in [6, 6.07) is 10.4. The number of aromatic nitrogens is 2. The molecule has 0 spiro atoms. The van der Waals surface area contributed by atoms with E-state index in [1.807, 2.05) is 19.9 Å². The Bertz CT molecular complexity index is 653. The number of nitrogens with two attached hydrogens (primary N) is 1. The van der Waals surface area contributed by atoms with Gasteiger partial charge in [-0.2, -0.15) is 0 Å². The summed E-state index contributed by atoms with van der Waals surface area (Å²) < 4.78 is 0. The van der Waals surface area contributed by atoms with E-state index in [9.17, 15) is 0 Å². The first-order chi connectivity index (χ1) is 8.24. The van der Waals surface area contributed by atoms with Crippen LogP contribution in [0.1, 0.15) is 19.4 Å². The summed E-state index contributed by atoms with van der Waals surface area (Å²) in [5.41, 5.74) is 8.84. The summed E-state index contributed by atoms with van der Waals surface area (Å²) in [6.45, 7) is 6.09. The van der Waals surface area contributed by atoms with Gasteiger partial charge in [-0.15, -0.1) is 0 Å². The number of nitrogens with zero attached hydrogens (tertiary/aromatic N) is 1. The number of aryl methyl sites for hydroxylation is 1. The quantitative estimate of drug-likeness (QED) is 0.616. The number of hydrogen-bond donors (Lipinski definition) is 2. The van der Waals surface area contributed by atoms with E-state index in [0.717, 1.165) is 16.4 Å². The van der Waals surface area contributed by atoms with Gasteiger partial charge in [-0.3, -0.25) is 0 Å². The maximum Gasteiger partial charge on any atom is 0.198 e. The van der Waals surface area contributed by atoms with E-state index in [1.54, 1.807) is 0 Å². The van der Waals surface area contributed by atoms with Crippen LogP contribution in [-0.4, -0.2) is 9.97 Å². The zero-order chi connectivity index (χ0) is 12.4. The van der Waals surface area contributed by atoms with Crippen molar-refractivity contribution in [3.8, 4) is 0 Å². The molecule has 88 valence electrons. The molecule has 0 fully saturated rings. The first-order valence-electron chi connectivity index (χ1n) is 5.88. The van der Waals surface area contributed by atoms with Gasteiger partial charge in [0.15, 0.2) is 5.95 Å². The monoisotopic (exact) mass is 227 g/mol. The van der Waals surface area contributed by atoms with E-state index in [0.29, 0.717) is 5.95 Å². The molecule has 0 aliphatic rings. The van der Waals surface area contributed by atoms with Gasteiger partial charge in [0, 0.05) is 5.39 Å². The highest BCUT2D eigenvalue weighted by Crippen LogP contribution is 2.24. The topological polar surface area (TPSA) is 54.7 Å². The summed E-state index contributed by atoms with van der Waals surface area (Å²) in [6.07, 6.45) is 0. The molecule has 0 unspecified atom stereocenters. The molecule has 0 saturated carbocycles. The number of nitrogen functional groups attached to an aromatic ring is 1. The molecule has 0 amide bonds. The Labute approximate surface area is 101 Å². The van der Waals surface area contributed by atoms with E-state index in [4.69, 9.17) is 5.73 Å². The molecular weight excluding hydrogens is 210 g/mol. The van der Waals surface area contributed by atoms with Crippen LogP contribution in [0.25, 0.3) is 21.8 Å². The van der Waals surface area contributed by atoms with Crippen molar-refractivity contribution < 1.29 is 0 Å². The zero-order valence-corrected chi connectivity index (χ0v) is 10.4. The second-order valence-electron chi connectivity index (χ2n) is 3.81. The Morgan fingerprint density at radius 3 is 2.65 bits per heavy atom. The SMILES string of the molecule is CC.Cc1ccc2c(ccc3[nH]c(N)nc32)c1. The number of H-pyrrole nitrogens is 1. The first kappa shape index (κ1) is 11.5. The van der Waals surface area contributed by atoms with Gasteiger partial charge in [0.05, 0.1) is 11.0 Å². The largest absolute Gasteiger partial charge is 0.369 e. The van der Waals surface area contributed by atoms with Crippen LogP contribution in [0.4, 0.5) is 5.95 Å². The van der Waals surface area contributed by atoms with Gasteiger partial charge in [0.1, 0.15) is 0 Å². The minimum Gasteiger partial charge on any atom is -0.369 e. The Morgan fingerprint density at radius 2 is 1.88 bits per heavy atom. The van der Waals surface area contributed by atoms with Crippen molar-refractivity contribution in [3.63, 3.8) is 0 Å². The van der Waals surface area contributed by atoms with Crippen LogP contribution in [-0.2, 0) is 0 Å². The number of nitrogens with one attached hydrogen (secondary N) is 1. The predicted octanol–water partition coefficient (Wildman–Crippen LogP) is 3.63. The van der Waals surface area contributed by atoms with Gasteiger partial charge in [0.25, 0.3) is 0 Å². The van der Waals surface area contributed by atoms with Crippen molar-refractivity contribution >= 4 is 27.8 Å². The van der Waals surface area contributed by atoms with E-state index < -0.39 is 0 Å². The molecule has 0 atom stereocenters. The molecule has 3 aromatic rings. The third-order valence-electron chi connectivity index (χ3n) is 2.64. The van der Waals surface area contributed by atoms with E-state index in [2.05, 4.69) is 41.2 Å². The highest BCUT2D eigenvalue weighted by atomic mass is 15.0. The van der Waals surface area contributed by atoms with Crippen molar-refractivity contribution in [2.45, 2.75) is 20.8 Å². The first-order valence-corrected chi connectivity index (χ1v) is 5.88. The zero-order valence-electron chi connectivity index (χ0n) is 10.4. The number of benzene rings is 2. The fourth-order valence-corrected chi connectivity index (χ4v) is 1.94. The minimum absolute atomic E-state index is 0.470. The Morgan fingerprint density at radius 1 is 1.12 bits per heavy atom.